The first kappa shape index (κ1) is 27.1. The summed E-state index contributed by atoms with van der Waals surface area (Å²) in [5.74, 6) is -1.85. The molecule has 1 atom stereocenters. The van der Waals surface area contributed by atoms with Gasteiger partial charge >= 0.3 is 5.69 Å². The number of nitrogens with zero attached hydrogens (tertiary/aromatic N) is 5. The first-order chi connectivity index (χ1) is 18.2. The summed E-state index contributed by atoms with van der Waals surface area (Å²) in [4.78, 5) is 28.9. The Morgan fingerprint density at radius 2 is 2.08 bits per heavy atom. The van der Waals surface area contributed by atoms with Gasteiger partial charge in [-0.3, -0.25) is 4.99 Å². The number of phenols is 1. The monoisotopic (exact) mass is 522 g/mol. The van der Waals surface area contributed by atoms with Gasteiger partial charge in [-0.15, -0.1) is 0 Å². The third-order valence-electron chi connectivity index (χ3n) is 6.78. The molecule has 1 aliphatic heterocycles. The van der Waals surface area contributed by atoms with E-state index in [4.69, 9.17) is 0 Å². The fraction of sp³-hybridized carbons (Fsp3) is 0.357. The Balaban J connectivity index is 2.19. The van der Waals surface area contributed by atoms with E-state index < -0.39 is 28.8 Å². The normalized spacial score (nSPS) is 17.1. The topological polar surface area (TPSA) is 95.6 Å². The number of aromatic nitrogens is 3. The van der Waals surface area contributed by atoms with E-state index in [1.165, 1.54) is 22.8 Å². The van der Waals surface area contributed by atoms with Crippen LogP contribution in [0.4, 0.5) is 14.6 Å². The quantitative estimate of drug-likeness (QED) is 0.339. The summed E-state index contributed by atoms with van der Waals surface area (Å²) in [7, 11) is 0. The highest BCUT2D eigenvalue weighted by atomic mass is 19.1. The van der Waals surface area contributed by atoms with E-state index in [1.54, 1.807) is 0 Å². The SMILES string of the molecule is C=N/C(CCC)=C(\C(C)=C/C)n1c(=O)nc(N2CCNC[C@@H]2C)c2cc(F)c(-c3c(O)cccc3F)nc21. The van der Waals surface area contributed by atoms with Crippen molar-refractivity contribution in [2.24, 2.45) is 4.99 Å². The van der Waals surface area contributed by atoms with Crippen LogP contribution in [0.25, 0.3) is 28.0 Å². The number of anilines is 1. The molecular weight excluding hydrogens is 490 g/mol. The number of aliphatic imine (C=N–C) groups is 1. The number of nitrogens with one attached hydrogen (secondary N) is 1. The highest BCUT2D eigenvalue weighted by Crippen LogP contribution is 2.36. The summed E-state index contributed by atoms with van der Waals surface area (Å²) in [6.45, 7) is 13.2. The molecule has 0 amide bonds. The molecule has 4 rings (SSSR count). The Kier molecular flexibility index (Phi) is 8.01. The minimum Gasteiger partial charge on any atom is -0.507 e. The predicted octanol–water partition coefficient (Wildman–Crippen LogP) is 4.88. The molecule has 1 fully saturated rings. The number of phenolic OH excluding ortho intramolecular Hbond substituents is 1. The molecule has 200 valence electrons. The molecule has 2 aromatic heterocycles. The maximum Gasteiger partial charge on any atom is 0.355 e. The van der Waals surface area contributed by atoms with Crippen molar-refractivity contribution in [3.05, 3.63) is 63.7 Å². The lowest BCUT2D eigenvalue weighted by Crippen LogP contribution is -2.50. The van der Waals surface area contributed by atoms with Crippen LogP contribution in [0.1, 0.15) is 40.5 Å². The zero-order chi connectivity index (χ0) is 27.6. The van der Waals surface area contributed by atoms with Gasteiger partial charge in [0.2, 0.25) is 0 Å². The van der Waals surface area contributed by atoms with Gasteiger partial charge in [0.1, 0.15) is 23.1 Å². The lowest BCUT2D eigenvalue weighted by Gasteiger charge is -2.35. The second kappa shape index (κ2) is 11.2. The molecule has 38 heavy (non-hydrogen) atoms. The van der Waals surface area contributed by atoms with E-state index in [2.05, 4.69) is 27.0 Å². The number of fused-ring (bicyclic) bond motifs is 1. The Hall–Kier alpha value is -3.92. The largest absolute Gasteiger partial charge is 0.507 e. The second-order valence-electron chi connectivity index (χ2n) is 9.30. The van der Waals surface area contributed by atoms with E-state index in [0.29, 0.717) is 43.3 Å². The molecule has 1 aliphatic rings. The second-order valence-corrected chi connectivity index (χ2v) is 9.30. The fourth-order valence-electron chi connectivity index (χ4n) is 4.78. The molecule has 1 saturated heterocycles. The first-order valence-electron chi connectivity index (χ1n) is 12.6. The van der Waals surface area contributed by atoms with Crippen LogP contribution in [-0.4, -0.2) is 52.0 Å². The van der Waals surface area contributed by atoms with Crippen molar-refractivity contribution in [1.29, 1.82) is 0 Å². The van der Waals surface area contributed by atoms with Gasteiger partial charge in [0.15, 0.2) is 11.5 Å². The van der Waals surface area contributed by atoms with Crippen molar-refractivity contribution in [3.63, 3.8) is 0 Å². The Bertz CT molecular complexity index is 1490. The number of aromatic hydroxyl groups is 1. The molecule has 1 aromatic carbocycles. The highest BCUT2D eigenvalue weighted by molar-refractivity contribution is 5.92. The molecule has 0 spiro atoms. The molecular formula is C28H32F2N6O2. The van der Waals surface area contributed by atoms with Crippen LogP contribution in [0, 0.1) is 11.6 Å². The smallest absolute Gasteiger partial charge is 0.355 e. The summed E-state index contributed by atoms with van der Waals surface area (Å²) in [5, 5.41) is 14.0. The van der Waals surface area contributed by atoms with Crippen LogP contribution in [0.15, 0.2) is 51.4 Å². The Labute approximate surface area is 220 Å². The van der Waals surface area contributed by atoms with Gasteiger partial charge in [-0.1, -0.05) is 25.5 Å². The van der Waals surface area contributed by atoms with Crippen LogP contribution in [0.5, 0.6) is 5.75 Å². The van der Waals surface area contributed by atoms with Gasteiger partial charge in [-0.05, 0) is 57.7 Å². The number of halogens is 2. The van der Waals surface area contributed by atoms with Crippen molar-refractivity contribution in [3.8, 4) is 17.0 Å². The summed E-state index contributed by atoms with van der Waals surface area (Å²) in [6, 6.07) is 4.88. The number of benzene rings is 1. The van der Waals surface area contributed by atoms with E-state index >= 15 is 4.39 Å². The van der Waals surface area contributed by atoms with Crippen molar-refractivity contribution in [2.45, 2.75) is 46.6 Å². The van der Waals surface area contributed by atoms with E-state index in [9.17, 15) is 14.3 Å². The van der Waals surface area contributed by atoms with E-state index in [1.807, 2.05) is 38.7 Å². The number of allylic oxidation sites excluding steroid dienone is 4. The summed E-state index contributed by atoms with van der Waals surface area (Å²) >= 11 is 0. The lowest BCUT2D eigenvalue weighted by molar-refractivity contribution is 0.470. The standard InChI is InChI=1S/C28H32F2N6O2/c1-6-9-21(31-5)25(16(3)7-2)36-27-18(26(34-28(36)38)35-13-12-32-15-17(35)4)14-20(30)24(33-27)23-19(29)10-8-11-22(23)37/h7-8,10-11,14,17,32,37H,5-6,9,12-13,15H2,1-4H3/b16-7-,25-21+/t17-/m0/s1. The summed E-state index contributed by atoms with van der Waals surface area (Å²) in [5.41, 5.74) is 0.368. The number of hydrogen-bond acceptors (Lipinski definition) is 7. The maximum absolute atomic E-state index is 15.7. The van der Waals surface area contributed by atoms with Gasteiger partial charge in [0.05, 0.1) is 22.3 Å². The molecule has 2 N–H and O–H groups in total. The summed E-state index contributed by atoms with van der Waals surface area (Å²) < 4.78 is 31.8. The molecule has 0 unspecified atom stereocenters. The third-order valence-corrected chi connectivity index (χ3v) is 6.78. The molecule has 10 heteroatoms. The zero-order valence-corrected chi connectivity index (χ0v) is 22.1. The third kappa shape index (κ3) is 4.83. The number of pyridine rings is 1. The minimum atomic E-state index is -0.849. The average Bonchev–Trinajstić information content (AvgIpc) is 2.89. The van der Waals surface area contributed by atoms with Crippen molar-refractivity contribution in [1.82, 2.24) is 19.9 Å². The fourth-order valence-corrected chi connectivity index (χ4v) is 4.78. The zero-order valence-electron chi connectivity index (χ0n) is 22.1. The number of rotatable bonds is 7. The number of piperazine rings is 1. The van der Waals surface area contributed by atoms with Crippen LogP contribution in [0.2, 0.25) is 0 Å². The van der Waals surface area contributed by atoms with Gasteiger partial charge < -0.3 is 15.3 Å². The van der Waals surface area contributed by atoms with E-state index in [-0.39, 0.29) is 22.6 Å². The minimum absolute atomic E-state index is 0.0224. The maximum atomic E-state index is 15.7. The highest BCUT2D eigenvalue weighted by Gasteiger charge is 2.28. The molecule has 3 heterocycles. The van der Waals surface area contributed by atoms with E-state index in [0.717, 1.165) is 18.1 Å². The molecule has 3 aromatic rings. The molecule has 0 saturated carbocycles. The first-order valence-corrected chi connectivity index (χ1v) is 12.6. The van der Waals surface area contributed by atoms with Crippen molar-refractivity contribution < 1.29 is 13.9 Å². The molecule has 0 aliphatic carbocycles. The van der Waals surface area contributed by atoms with Crippen LogP contribution in [0.3, 0.4) is 0 Å². The van der Waals surface area contributed by atoms with Crippen LogP contribution in [-0.2, 0) is 0 Å². The van der Waals surface area contributed by atoms with Gasteiger partial charge in [-0.2, -0.15) is 4.98 Å². The van der Waals surface area contributed by atoms with Gasteiger partial charge in [-0.25, -0.2) is 23.1 Å². The van der Waals surface area contributed by atoms with Crippen LogP contribution >= 0.6 is 0 Å². The summed E-state index contributed by atoms with van der Waals surface area (Å²) in [6.07, 6.45) is 3.09. The lowest BCUT2D eigenvalue weighted by atomic mass is 10.1. The van der Waals surface area contributed by atoms with Gasteiger partial charge in [0.25, 0.3) is 0 Å². The van der Waals surface area contributed by atoms with Crippen molar-refractivity contribution >= 4 is 29.3 Å². The molecule has 0 radical (unpaired) electrons. The van der Waals surface area contributed by atoms with Crippen molar-refractivity contribution in [2.75, 3.05) is 24.5 Å². The average molecular weight is 523 g/mol. The molecule has 0 bridgehead atoms. The molecule has 8 nitrogen and oxygen atoms in total. The van der Waals surface area contributed by atoms with Gasteiger partial charge in [0, 0.05) is 25.7 Å². The Morgan fingerprint density at radius 1 is 1.32 bits per heavy atom. The number of hydrogen-bond donors (Lipinski definition) is 2. The van der Waals surface area contributed by atoms with Crippen LogP contribution < -0.4 is 15.9 Å². The predicted molar refractivity (Wildman–Crippen MR) is 148 cm³/mol. The Morgan fingerprint density at radius 3 is 2.71 bits per heavy atom.